The Balaban J connectivity index is 1.50. The van der Waals surface area contributed by atoms with Crippen LogP contribution in [0.4, 0.5) is 10.5 Å². The third kappa shape index (κ3) is 3.63. The number of hydrogen-bond donors (Lipinski definition) is 2. The van der Waals surface area contributed by atoms with Gasteiger partial charge in [-0.3, -0.25) is 14.5 Å². The van der Waals surface area contributed by atoms with Crippen molar-refractivity contribution in [2.45, 2.75) is 51.0 Å². The van der Waals surface area contributed by atoms with Crippen LogP contribution < -0.4 is 15.4 Å². The molecule has 140 valence electrons. The Labute approximate surface area is 152 Å². The lowest BCUT2D eigenvalue weighted by Crippen LogP contribution is -2.44. The third-order valence-electron chi connectivity index (χ3n) is 4.81. The molecule has 0 bridgehead atoms. The van der Waals surface area contributed by atoms with Gasteiger partial charge in [0.2, 0.25) is 11.8 Å². The molecule has 0 unspecified atom stereocenters. The number of rotatable bonds is 7. The van der Waals surface area contributed by atoms with Crippen LogP contribution in [0.1, 0.15) is 45.4 Å². The van der Waals surface area contributed by atoms with Crippen molar-refractivity contribution in [1.29, 1.82) is 0 Å². The summed E-state index contributed by atoms with van der Waals surface area (Å²) in [4.78, 5) is 42.1. The number of amides is 4. The zero-order valence-corrected chi connectivity index (χ0v) is 14.9. The number of pyridine rings is 1. The van der Waals surface area contributed by atoms with Crippen molar-refractivity contribution < 1.29 is 19.1 Å². The van der Waals surface area contributed by atoms with Crippen LogP contribution in [0.3, 0.4) is 0 Å². The fourth-order valence-electron chi connectivity index (χ4n) is 3.54. The molecule has 1 aliphatic heterocycles. The number of anilines is 1. The van der Waals surface area contributed by atoms with Gasteiger partial charge in [0, 0.05) is 19.2 Å². The second-order valence-corrected chi connectivity index (χ2v) is 6.62. The van der Waals surface area contributed by atoms with Crippen molar-refractivity contribution in [3.63, 3.8) is 0 Å². The molecular formula is C18H24N4O4. The maximum absolute atomic E-state index is 12.5. The minimum Gasteiger partial charge on any atom is -0.476 e. The van der Waals surface area contributed by atoms with Gasteiger partial charge in [-0.05, 0) is 38.3 Å². The van der Waals surface area contributed by atoms with E-state index in [2.05, 4.69) is 15.6 Å². The molecule has 4 amide bonds. The minimum atomic E-state index is -0.693. The Morgan fingerprint density at radius 1 is 1.38 bits per heavy atom. The topological polar surface area (TPSA) is 101 Å². The summed E-state index contributed by atoms with van der Waals surface area (Å²) in [5.74, 6) is 0.0218. The van der Waals surface area contributed by atoms with Crippen LogP contribution >= 0.6 is 0 Å². The predicted molar refractivity (Wildman–Crippen MR) is 94.7 cm³/mol. The smallest absolute Gasteiger partial charge is 0.325 e. The van der Waals surface area contributed by atoms with E-state index in [4.69, 9.17) is 4.74 Å². The van der Waals surface area contributed by atoms with Gasteiger partial charge >= 0.3 is 6.03 Å². The molecule has 0 radical (unpaired) electrons. The van der Waals surface area contributed by atoms with E-state index in [0.717, 1.165) is 12.8 Å². The van der Waals surface area contributed by atoms with Gasteiger partial charge in [-0.2, -0.15) is 0 Å². The molecule has 1 aromatic heterocycles. The van der Waals surface area contributed by atoms with E-state index in [1.54, 1.807) is 18.3 Å². The van der Waals surface area contributed by atoms with E-state index >= 15 is 0 Å². The van der Waals surface area contributed by atoms with Gasteiger partial charge in [0.05, 0.1) is 6.61 Å². The van der Waals surface area contributed by atoms with Crippen LogP contribution in [0.15, 0.2) is 18.3 Å². The summed E-state index contributed by atoms with van der Waals surface area (Å²) in [5.41, 5.74) is -0.180. The minimum absolute atomic E-state index is 0.147. The van der Waals surface area contributed by atoms with Crippen molar-refractivity contribution in [2.75, 3.05) is 18.5 Å². The fraction of sp³-hybridized carbons (Fsp3) is 0.556. The van der Waals surface area contributed by atoms with Crippen molar-refractivity contribution in [3.8, 4) is 5.88 Å². The van der Waals surface area contributed by atoms with Gasteiger partial charge in [0.15, 0.2) is 0 Å². The molecule has 2 N–H and O–H groups in total. The molecule has 8 heteroatoms. The van der Waals surface area contributed by atoms with Gasteiger partial charge in [-0.15, -0.1) is 0 Å². The number of nitrogens with zero attached hydrogens (tertiary/aromatic N) is 2. The highest BCUT2D eigenvalue weighted by Gasteiger charge is 2.51. The summed E-state index contributed by atoms with van der Waals surface area (Å²) >= 11 is 0. The molecule has 1 spiro atoms. The van der Waals surface area contributed by atoms with Gasteiger partial charge in [-0.1, -0.05) is 12.8 Å². The molecule has 1 saturated heterocycles. The van der Waals surface area contributed by atoms with Gasteiger partial charge in [0.25, 0.3) is 5.91 Å². The lowest BCUT2D eigenvalue weighted by molar-refractivity contribution is -0.131. The van der Waals surface area contributed by atoms with Crippen LogP contribution in [0.5, 0.6) is 5.88 Å². The zero-order chi connectivity index (χ0) is 18.6. The van der Waals surface area contributed by atoms with E-state index in [-0.39, 0.29) is 30.8 Å². The first kappa shape index (κ1) is 18.2. The third-order valence-corrected chi connectivity index (χ3v) is 4.81. The highest BCUT2D eigenvalue weighted by Crippen LogP contribution is 2.35. The summed E-state index contributed by atoms with van der Waals surface area (Å²) < 4.78 is 5.37. The molecule has 2 heterocycles. The molecule has 8 nitrogen and oxygen atoms in total. The average Bonchev–Trinajstić information content (AvgIpc) is 3.17. The summed E-state index contributed by atoms with van der Waals surface area (Å²) in [6.07, 6.45) is 5.52. The molecule has 0 aromatic carbocycles. The summed E-state index contributed by atoms with van der Waals surface area (Å²) in [5, 5.41) is 5.60. The van der Waals surface area contributed by atoms with E-state index in [1.807, 2.05) is 6.92 Å². The van der Waals surface area contributed by atoms with Crippen molar-refractivity contribution in [3.05, 3.63) is 18.3 Å². The lowest BCUT2D eigenvalue weighted by Gasteiger charge is -2.19. The first-order valence-electron chi connectivity index (χ1n) is 9.07. The number of carbonyl (C=O) groups excluding carboxylic acids is 3. The second kappa shape index (κ2) is 7.72. The van der Waals surface area contributed by atoms with E-state index in [0.29, 0.717) is 37.4 Å². The van der Waals surface area contributed by atoms with Gasteiger partial charge in [0.1, 0.15) is 11.2 Å². The van der Waals surface area contributed by atoms with E-state index in [9.17, 15) is 14.4 Å². The number of hydrogen-bond acceptors (Lipinski definition) is 5. The van der Waals surface area contributed by atoms with E-state index < -0.39 is 5.54 Å². The predicted octanol–water partition coefficient (Wildman–Crippen LogP) is 2.06. The highest BCUT2D eigenvalue weighted by molar-refractivity contribution is 6.07. The SMILES string of the molecule is CCOc1ncccc1NC(=O)CCCN1C(=O)NC2(CCCC2)C1=O. The normalized spacial score (nSPS) is 18.3. The summed E-state index contributed by atoms with van der Waals surface area (Å²) in [6.45, 7) is 2.54. The van der Waals surface area contributed by atoms with Crippen LogP contribution in [-0.2, 0) is 9.59 Å². The standard InChI is InChI=1S/C18H24N4O4/c1-2-26-15-13(7-5-11-19-15)20-14(23)8-6-12-22-16(24)18(21-17(22)25)9-3-4-10-18/h5,7,11H,2-4,6,8-10,12H2,1H3,(H,20,23)(H,21,25). The summed E-state index contributed by atoms with van der Waals surface area (Å²) in [7, 11) is 0. The number of nitrogens with one attached hydrogen (secondary N) is 2. The lowest BCUT2D eigenvalue weighted by atomic mass is 9.98. The molecule has 2 fully saturated rings. The molecule has 1 aromatic rings. The van der Waals surface area contributed by atoms with Gasteiger partial charge in [-0.25, -0.2) is 9.78 Å². The monoisotopic (exact) mass is 360 g/mol. The highest BCUT2D eigenvalue weighted by atomic mass is 16.5. The maximum atomic E-state index is 12.5. The largest absolute Gasteiger partial charge is 0.476 e. The van der Waals surface area contributed by atoms with Crippen molar-refractivity contribution in [2.24, 2.45) is 0 Å². The number of ether oxygens (including phenoxy) is 1. The van der Waals surface area contributed by atoms with Crippen LogP contribution in [0, 0.1) is 0 Å². The number of imide groups is 1. The van der Waals surface area contributed by atoms with Crippen LogP contribution in [0.25, 0.3) is 0 Å². The molecule has 26 heavy (non-hydrogen) atoms. The maximum Gasteiger partial charge on any atom is 0.325 e. The Kier molecular flexibility index (Phi) is 5.39. The second-order valence-electron chi connectivity index (χ2n) is 6.62. The molecular weight excluding hydrogens is 336 g/mol. The zero-order valence-electron chi connectivity index (χ0n) is 14.9. The van der Waals surface area contributed by atoms with Gasteiger partial charge < -0.3 is 15.4 Å². The number of carbonyl (C=O) groups is 3. The van der Waals surface area contributed by atoms with Crippen LogP contribution in [-0.4, -0.2) is 46.4 Å². The van der Waals surface area contributed by atoms with E-state index in [1.165, 1.54) is 4.90 Å². The molecule has 1 saturated carbocycles. The first-order chi connectivity index (χ1) is 12.6. The Morgan fingerprint density at radius 2 is 2.15 bits per heavy atom. The summed E-state index contributed by atoms with van der Waals surface area (Å²) in [6, 6.07) is 3.09. The molecule has 1 aliphatic carbocycles. The molecule has 2 aliphatic rings. The van der Waals surface area contributed by atoms with Crippen molar-refractivity contribution >= 4 is 23.5 Å². The Bertz CT molecular complexity index is 700. The van der Waals surface area contributed by atoms with Crippen LogP contribution in [0.2, 0.25) is 0 Å². The fourth-order valence-corrected chi connectivity index (χ4v) is 3.54. The average molecular weight is 360 g/mol. The molecule has 3 rings (SSSR count). The first-order valence-corrected chi connectivity index (χ1v) is 9.07. The van der Waals surface area contributed by atoms with Crippen molar-refractivity contribution in [1.82, 2.24) is 15.2 Å². The molecule has 0 atom stereocenters. The Morgan fingerprint density at radius 3 is 2.88 bits per heavy atom. The number of urea groups is 1. The quantitative estimate of drug-likeness (QED) is 0.725. The number of aromatic nitrogens is 1. The Hall–Kier alpha value is -2.64.